The van der Waals surface area contributed by atoms with Gasteiger partial charge in [-0.05, 0) is 42.8 Å². The fourth-order valence-electron chi connectivity index (χ4n) is 3.16. The summed E-state index contributed by atoms with van der Waals surface area (Å²) in [4.78, 5) is 24.6. The van der Waals surface area contributed by atoms with Gasteiger partial charge in [-0.2, -0.15) is 0 Å². The van der Waals surface area contributed by atoms with E-state index in [1.165, 1.54) is 19.2 Å². The van der Waals surface area contributed by atoms with Gasteiger partial charge in [0.2, 0.25) is 0 Å². The minimum Gasteiger partial charge on any atom is -0.493 e. The van der Waals surface area contributed by atoms with E-state index in [1.54, 1.807) is 44.4 Å². The summed E-state index contributed by atoms with van der Waals surface area (Å²) in [7, 11) is 3.09. The molecule has 0 N–H and O–H groups in total. The third-order valence-electron chi connectivity index (χ3n) is 4.48. The van der Waals surface area contributed by atoms with E-state index >= 15 is 0 Å². The van der Waals surface area contributed by atoms with Crippen molar-refractivity contribution in [2.75, 3.05) is 14.2 Å². The van der Waals surface area contributed by atoms with Crippen molar-refractivity contribution in [1.29, 1.82) is 0 Å². The topological polar surface area (TPSA) is 78.9 Å². The standard InChI is InChI=1S/C21H16O6/c1-11-8-19(23)27-21-13(11)5-7-16-20(21)14(22)10-17(26-16)12-4-6-15(24-2)18(9-12)25-3/h4-10H,1-3H3. The number of methoxy groups -OCH3 is 2. The van der Waals surface area contributed by atoms with Crippen molar-refractivity contribution in [2.45, 2.75) is 6.92 Å². The van der Waals surface area contributed by atoms with Gasteiger partial charge >= 0.3 is 5.63 Å². The second-order valence-corrected chi connectivity index (χ2v) is 6.11. The van der Waals surface area contributed by atoms with Crippen molar-refractivity contribution in [2.24, 2.45) is 0 Å². The largest absolute Gasteiger partial charge is 0.493 e. The van der Waals surface area contributed by atoms with Crippen LogP contribution in [0.4, 0.5) is 0 Å². The van der Waals surface area contributed by atoms with Crippen LogP contribution in [0.15, 0.2) is 60.9 Å². The molecule has 0 aliphatic heterocycles. The maximum absolute atomic E-state index is 12.8. The number of benzene rings is 2. The van der Waals surface area contributed by atoms with Gasteiger partial charge in [0.05, 0.1) is 14.2 Å². The van der Waals surface area contributed by atoms with Gasteiger partial charge in [-0.15, -0.1) is 0 Å². The van der Waals surface area contributed by atoms with E-state index in [2.05, 4.69) is 0 Å². The van der Waals surface area contributed by atoms with Gasteiger partial charge in [0.15, 0.2) is 22.5 Å². The van der Waals surface area contributed by atoms with Crippen LogP contribution in [0.1, 0.15) is 5.56 Å². The van der Waals surface area contributed by atoms with Crippen LogP contribution in [-0.4, -0.2) is 14.2 Å². The highest BCUT2D eigenvalue weighted by Gasteiger charge is 2.15. The van der Waals surface area contributed by atoms with E-state index in [0.717, 1.165) is 5.56 Å². The van der Waals surface area contributed by atoms with Gasteiger partial charge in [-0.25, -0.2) is 4.79 Å². The Hall–Kier alpha value is -3.54. The van der Waals surface area contributed by atoms with Gasteiger partial charge in [-0.1, -0.05) is 0 Å². The molecule has 0 spiro atoms. The highest BCUT2D eigenvalue weighted by molar-refractivity contribution is 6.02. The number of hydrogen-bond donors (Lipinski definition) is 0. The summed E-state index contributed by atoms with van der Waals surface area (Å²) < 4.78 is 21.8. The molecule has 0 fully saturated rings. The summed E-state index contributed by atoms with van der Waals surface area (Å²) in [5.74, 6) is 1.48. The molecule has 0 saturated carbocycles. The SMILES string of the molecule is COc1ccc(-c2cc(=O)c3c(ccc4c(C)cc(=O)oc43)o2)cc1OC. The molecule has 0 aliphatic rings. The predicted molar refractivity (Wildman–Crippen MR) is 102 cm³/mol. The van der Waals surface area contributed by atoms with E-state index in [1.807, 2.05) is 0 Å². The summed E-state index contributed by atoms with van der Waals surface area (Å²) in [5.41, 5.74) is 1.19. The molecule has 2 aromatic carbocycles. The lowest BCUT2D eigenvalue weighted by molar-refractivity contribution is 0.355. The monoisotopic (exact) mass is 364 g/mol. The quantitative estimate of drug-likeness (QED) is 0.405. The Morgan fingerprint density at radius 1 is 0.852 bits per heavy atom. The van der Waals surface area contributed by atoms with Gasteiger partial charge in [0.1, 0.15) is 16.7 Å². The highest BCUT2D eigenvalue weighted by Crippen LogP contribution is 2.33. The number of aryl methyl sites for hydroxylation is 1. The summed E-state index contributed by atoms with van der Waals surface area (Å²) >= 11 is 0. The minimum absolute atomic E-state index is 0.241. The maximum atomic E-state index is 12.8. The van der Waals surface area contributed by atoms with Crippen molar-refractivity contribution in [1.82, 2.24) is 0 Å². The number of rotatable bonds is 3. The molecule has 0 aliphatic carbocycles. The molecule has 27 heavy (non-hydrogen) atoms. The van der Waals surface area contributed by atoms with Crippen LogP contribution < -0.4 is 20.5 Å². The molecule has 4 aromatic rings. The van der Waals surface area contributed by atoms with E-state index in [4.69, 9.17) is 18.3 Å². The Morgan fingerprint density at radius 3 is 2.37 bits per heavy atom. The normalized spacial score (nSPS) is 11.1. The maximum Gasteiger partial charge on any atom is 0.336 e. The van der Waals surface area contributed by atoms with Gasteiger partial charge < -0.3 is 18.3 Å². The molecule has 0 radical (unpaired) electrons. The van der Waals surface area contributed by atoms with Crippen LogP contribution in [0.5, 0.6) is 11.5 Å². The van der Waals surface area contributed by atoms with E-state index in [0.29, 0.717) is 33.8 Å². The molecule has 2 aromatic heterocycles. The number of hydrogen-bond acceptors (Lipinski definition) is 6. The third-order valence-corrected chi connectivity index (χ3v) is 4.48. The first kappa shape index (κ1) is 16.9. The van der Waals surface area contributed by atoms with Gasteiger partial charge in [-0.3, -0.25) is 4.79 Å². The predicted octanol–water partition coefficient (Wildman–Crippen LogP) is 3.89. The van der Waals surface area contributed by atoms with Crippen molar-refractivity contribution >= 4 is 21.9 Å². The summed E-state index contributed by atoms with van der Waals surface area (Å²) in [5, 5.41) is 0.950. The van der Waals surface area contributed by atoms with E-state index in [9.17, 15) is 9.59 Å². The molecular weight excluding hydrogens is 348 g/mol. The second-order valence-electron chi connectivity index (χ2n) is 6.11. The minimum atomic E-state index is -0.504. The first-order chi connectivity index (χ1) is 13.0. The Kier molecular flexibility index (Phi) is 3.96. The molecule has 6 heteroatoms. The highest BCUT2D eigenvalue weighted by atomic mass is 16.5. The van der Waals surface area contributed by atoms with Crippen LogP contribution >= 0.6 is 0 Å². The molecule has 0 unspecified atom stereocenters. The average molecular weight is 364 g/mol. The first-order valence-corrected chi connectivity index (χ1v) is 8.25. The van der Waals surface area contributed by atoms with Crippen LogP contribution in [0, 0.1) is 6.92 Å². The molecule has 0 amide bonds. The second kappa shape index (κ2) is 6.32. The van der Waals surface area contributed by atoms with E-state index in [-0.39, 0.29) is 16.4 Å². The molecule has 0 saturated heterocycles. The fourth-order valence-corrected chi connectivity index (χ4v) is 3.16. The lowest BCUT2D eigenvalue weighted by atomic mass is 10.1. The third kappa shape index (κ3) is 2.75. The summed E-state index contributed by atoms with van der Waals surface area (Å²) in [6.07, 6.45) is 0. The zero-order chi connectivity index (χ0) is 19.1. The molecule has 6 nitrogen and oxygen atoms in total. The van der Waals surface area contributed by atoms with Gasteiger partial charge in [0, 0.05) is 23.1 Å². The number of fused-ring (bicyclic) bond motifs is 3. The first-order valence-electron chi connectivity index (χ1n) is 8.25. The Bertz CT molecular complexity index is 1300. The van der Waals surface area contributed by atoms with Crippen molar-refractivity contribution in [3.05, 3.63) is 68.7 Å². The smallest absolute Gasteiger partial charge is 0.336 e. The Morgan fingerprint density at radius 2 is 1.63 bits per heavy atom. The van der Waals surface area contributed by atoms with E-state index < -0.39 is 5.63 Å². The van der Waals surface area contributed by atoms with Crippen LogP contribution in [0.3, 0.4) is 0 Å². The Balaban J connectivity index is 1.99. The van der Waals surface area contributed by atoms with Crippen LogP contribution in [0.2, 0.25) is 0 Å². The van der Waals surface area contributed by atoms with Crippen molar-refractivity contribution < 1.29 is 18.3 Å². The Labute approximate surface area is 153 Å². The molecule has 4 rings (SSSR count). The molecule has 0 bridgehead atoms. The zero-order valence-corrected chi connectivity index (χ0v) is 15.0. The zero-order valence-electron chi connectivity index (χ0n) is 15.0. The van der Waals surface area contributed by atoms with Crippen molar-refractivity contribution in [3.8, 4) is 22.8 Å². The van der Waals surface area contributed by atoms with Crippen molar-refractivity contribution in [3.63, 3.8) is 0 Å². The van der Waals surface area contributed by atoms with Crippen LogP contribution in [0.25, 0.3) is 33.3 Å². The molecule has 0 atom stereocenters. The molecular formula is C21H16O6. The lowest BCUT2D eigenvalue weighted by Gasteiger charge is -2.10. The summed E-state index contributed by atoms with van der Waals surface area (Å²) in [6.45, 7) is 1.80. The average Bonchev–Trinajstić information content (AvgIpc) is 2.66. The fraction of sp³-hybridized carbons (Fsp3) is 0.143. The van der Waals surface area contributed by atoms with Gasteiger partial charge in [0.25, 0.3) is 0 Å². The van der Waals surface area contributed by atoms with Crippen LogP contribution in [-0.2, 0) is 0 Å². The number of ether oxygens (including phenoxy) is 2. The molecule has 136 valence electrons. The molecule has 2 heterocycles. The lowest BCUT2D eigenvalue weighted by Crippen LogP contribution is -2.04. The summed E-state index contributed by atoms with van der Waals surface area (Å²) in [6, 6.07) is 11.5.